The summed E-state index contributed by atoms with van der Waals surface area (Å²) in [4.78, 5) is 0. The molecule has 0 radical (unpaired) electrons. The highest BCUT2D eigenvalue weighted by Crippen LogP contribution is 2.62. The minimum Gasteiger partial charge on any atom is -0.327 e. The third-order valence-electron chi connectivity index (χ3n) is 4.04. The molecule has 0 aromatic carbocycles. The highest BCUT2D eigenvalue weighted by molar-refractivity contribution is 5.32. The average molecular weight is 191 g/mol. The van der Waals surface area contributed by atoms with Gasteiger partial charge >= 0.3 is 0 Å². The maximum Gasteiger partial charge on any atom is 0.0525 e. The Morgan fingerprint density at radius 2 is 2.36 bits per heavy atom. The van der Waals surface area contributed by atoms with Gasteiger partial charge in [-0.15, -0.1) is 0 Å². The van der Waals surface area contributed by atoms with E-state index < -0.39 is 0 Å². The summed E-state index contributed by atoms with van der Waals surface area (Å²) in [6.45, 7) is 2.13. The summed E-state index contributed by atoms with van der Waals surface area (Å²) in [7, 11) is 0. The summed E-state index contributed by atoms with van der Waals surface area (Å²) >= 11 is 0. The van der Waals surface area contributed by atoms with E-state index in [9.17, 15) is 0 Å². The SMILES string of the molecule is CC(N)C1c2cn[nH]c2CCC12CC2. The third kappa shape index (κ3) is 0.989. The molecular formula is C11H17N3. The largest absolute Gasteiger partial charge is 0.327 e. The van der Waals surface area contributed by atoms with Gasteiger partial charge in [0.15, 0.2) is 0 Å². The van der Waals surface area contributed by atoms with E-state index in [0.717, 1.165) is 0 Å². The van der Waals surface area contributed by atoms with Crippen LogP contribution in [0, 0.1) is 5.41 Å². The number of nitrogens with zero attached hydrogens (tertiary/aromatic N) is 1. The summed E-state index contributed by atoms with van der Waals surface area (Å²) in [5.74, 6) is 0.546. The zero-order valence-corrected chi connectivity index (χ0v) is 8.59. The first kappa shape index (κ1) is 8.48. The first-order chi connectivity index (χ1) is 6.73. The Hall–Kier alpha value is -0.830. The van der Waals surface area contributed by atoms with Gasteiger partial charge in [-0.25, -0.2) is 0 Å². The Bertz CT molecular complexity index is 349. The van der Waals surface area contributed by atoms with Gasteiger partial charge in [0.25, 0.3) is 0 Å². The zero-order chi connectivity index (χ0) is 9.76. The highest BCUT2D eigenvalue weighted by Gasteiger charge is 2.53. The second-order valence-corrected chi connectivity index (χ2v) is 5.00. The molecule has 0 amide bonds. The molecule has 1 heterocycles. The Morgan fingerprint density at radius 1 is 1.57 bits per heavy atom. The number of fused-ring (bicyclic) bond motifs is 1. The van der Waals surface area contributed by atoms with E-state index in [1.54, 1.807) is 0 Å². The van der Waals surface area contributed by atoms with Crippen LogP contribution in [-0.2, 0) is 6.42 Å². The first-order valence-electron chi connectivity index (χ1n) is 5.51. The van der Waals surface area contributed by atoms with E-state index in [1.807, 2.05) is 6.20 Å². The van der Waals surface area contributed by atoms with Crippen LogP contribution in [0.15, 0.2) is 6.20 Å². The van der Waals surface area contributed by atoms with Gasteiger partial charge in [0.1, 0.15) is 0 Å². The molecule has 1 aromatic heterocycles. The number of rotatable bonds is 1. The second-order valence-electron chi connectivity index (χ2n) is 5.00. The molecule has 1 aromatic rings. The van der Waals surface area contributed by atoms with Crippen LogP contribution in [0.2, 0.25) is 0 Å². The number of aryl methyl sites for hydroxylation is 1. The second kappa shape index (κ2) is 2.60. The van der Waals surface area contributed by atoms with E-state index in [-0.39, 0.29) is 6.04 Å². The maximum absolute atomic E-state index is 6.12. The first-order valence-corrected chi connectivity index (χ1v) is 5.51. The van der Waals surface area contributed by atoms with Crippen molar-refractivity contribution in [2.24, 2.45) is 11.1 Å². The molecule has 3 nitrogen and oxygen atoms in total. The fourth-order valence-electron chi connectivity index (χ4n) is 3.21. The Labute approximate surface area is 84.1 Å². The predicted molar refractivity (Wildman–Crippen MR) is 55.0 cm³/mol. The maximum atomic E-state index is 6.12. The van der Waals surface area contributed by atoms with Crippen molar-refractivity contribution in [1.29, 1.82) is 0 Å². The van der Waals surface area contributed by atoms with Crippen LogP contribution < -0.4 is 5.73 Å². The molecule has 1 fully saturated rings. The van der Waals surface area contributed by atoms with Crippen LogP contribution in [0.5, 0.6) is 0 Å². The van der Waals surface area contributed by atoms with Gasteiger partial charge in [0.05, 0.1) is 6.20 Å². The minimum absolute atomic E-state index is 0.258. The average Bonchev–Trinajstić information content (AvgIpc) is 2.75. The third-order valence-corrected chi connectivity index (χ3v) is 4.04. The normalized spacial score (nSPS) is 30.0. The molecule has 3 rings (SSSR count). The Morgan fingerprint density at radius 3 is 3.00 bits per heavy atom. The highest BCUT2D eigenvalue weighted by atomic mass is 15.1. The van der Waals surface area contributed by atoms with Crippen LogP contribution in [0.1, 0.15) is 43.4 Å². The van der Waals surface area contributed by atoms with Crippen molar-refractivity contribution >= 4 is 0 Å². The van der Waals surface area contributed by atoms with Crippen molar-refractivity contribution in [3.8, 4) is 0 Å². The molecule has 0 bridgehead atoms. The van der Waals surface area contributed by atoms with Gasteiger partial charge in [-0.2, -0.15) is 5.10 Å². The van der Waals surface area contributed by atoms with E-state index in [0.29, 0.717) is 11.3 Å². The van der Waals surface area contributed by atoms with Crippen LogP contribution in [0.3, 0.4) is 0 Å². The van der Waals surface area contributed by atoms with Crippen LogP contribution in [0.4, 0.5) is 0 Å². The molecule has 3 heteroatoms. The quantitative estimate of drug-likeness (QED) is 0.708. The standard InChI is InChI=1S/C11H17N3/c1-7(12)10-8-6-13-14-9(8)2-3-11(10)4-5-11/h6-7,10H,2-5,12H2,1H3,(H,13,14). The minimum atomic E-state index is 0.258. The van der Waals surface area contributed by atoms with E-state index in [4.69, 9.17) is 5.73 Å². The predicted octanol–water partition coefficient (Wildman–Crippen LogP) is 1.57. The van der Waals surface area contributed by atoms with Crippen molar-refractivity contribution in [3.63, 3.8) is 0 Å². The van der Waals surface area contributed by atoms with Crippen molar-refractivity contribution < 1.29 is 0 Å². The van der Waals surface area contributed by atoms with Gasteiger partial charge in [-0.3, -0.25) is 5.10 Å². The summed E-state index contributed by atoms with van der Waals surface area (Å²) < 4.78 is 0. The number of hydrogen-bond donors (Lipinski definition) is 2. The number of aromatic amines is 1. The van der Waals surface area contributed by atoms with Crippen LogP contribution in [-0.4, -0.2) is 16.2 Å². The topological polar surface area (TPSA) is 54.7 Å². The zero-order valence-electron chi connectivity index (χ0n) is 8.59. The fourth-order valence-corrected chi connectivity index (χ4v) is 3.21. The Balaban J connectivity index is 2.05. The molecule has 1 saturated carbocycles. The van der Waals surface area contributed by atoms with Gasteiger partial charge in [-0.1, -0.05) is 0 Å². The molecule has 2 aliphatic carbocycles. The monoisotopic (exact) mass is 191 g/mol. The van der Waals surface area contributed by atoms with E-state index in [2.05, 4.69) is 17.1 Å². The van der Waals surface area contributed by atoms with Crippen molar-refractivity contribution in [1.82, 2.24) is 10.2 Å². The molecule has 3 N–H and O–H groups in total. The molecule has 14 heavy (non-hydrogen) atoms. The molecule has 2 unspecified atom stereocenters. The molecule has 0 aliphatic heterocycles. The molecule has 2 atom stereocenters. The van der Waals surface area contributed by atoms with Gasteiger partial charge < -0.3 is 5.73 Å². The summed E-state index contributed by atoms with van der Waals surface area (Å²) in [6, 6.07) is 0.258. The Kier molecular flexibility index (Phi) is 1.57. The lowest BCUT2D eigenvalue weighted by Crippen LogP contribution is -2.34. The summed E-state index contributed by atoms with van der Waals surface area (Å²) in [5.41, 5.74) is 9.38. The van der Waals surface area contributed by atoms with Crippen molar-refractivity contribution in [2.45, 2.75) is 44.6 Å². The number of aromatic nitrogens is 2. The van der Waals surface area contributed by atoms with Crippen molar-refractivity contribution in [3.05, 3.63) is 17.5 Å². The van der Waals surface area contributed by atoms with Crippen molar-refractivity contribution in [2.75, 3.05) is 0 Å². The smallest absolute Gasteiger partial charge is 0.0525 e. The number of hydrogen-bond acceptors (Lipinski definition) is 2. The molecular weight excluding hydrogens is 174 g/mol. The number of H-pyrrole nitrogens is 1. The lowest BCUT2D eigenvalue weighted by atomic mass is 9.72. The van der Waals surface area contributed by atoms with Gasteiger partial charge in [0, 0.05) is 17.7 Å². The van der Waals surface area contributed by atoms with Crippen LogP contribution >= 0.6 is 0 Å². The fraction of sp³-hybridized carbons (Fsp3) is 0.727. The lowest BCUT2D eigenvalue weighted by Gasteiger charge is -2.34. The van der Waals surface area contributed by atoms with Gasteiger partial charge in [0.2, 0.25) is 0 Å². The lowest BCUT2D eigenvalue weighted by molar-refractivity contribution is 0.311. The molecule has 1 spiro atoms. The van der Waals surface area contributed by atoms with Crippen LogP contribution in [0.25, 0.3) is 0 Å². The van der Waals surface area contributed by atoms with Gasteiger partial charge in [-0.05, 0) is 43.6 Å². The number of nitrogens with two attached hydrogens (primary N) is 1. The van der Waals surface area contributed by atoms with E-state index in [1.165, 1.54) is 36.9 Å². The summed E-state index contributed by atoms with van der Waals surface area (Å²) in [6.07, 6.45) is 7.18. The molecule has 76 valence electrons. The molecule has 0 saturated heterocycles. The van der Waals surface area contributed by atoms with E-state index >= 15 is 0 Å². The summed E-state index contributed by atoms with van der Waals surface area (Å²) in [5, 5.41) is 7.25. The molecule has 2 aliphatic rings. The number of nitrogens with one attached hydrogen (secondary N) is 1.